The second-order valence-electron chi connectivity index (χ2n) is 13.4. The Kier molecular flexibility index (Phi) is 36.1. The number of nitrogens with zero attached hydrogens (tertiary/aromatic N) is 1. The van der Waals surface area contributed by atoms with Crippen LogP contribution in [0.15, 0.2) is 60.8 Å². The molecule has 0 heterocycles. The van der Waals surface area contributed by atoms with Crippen molar-refractivity contribution in [2.75, 3.05) is 20.6 Å². The SMILES string of the molecule is CC/C=C\C/C=C\C/C=C\CCCCCCCCC(CCCCCCCC/C=C\C/C=C\CCCCC)OC(=O)CCCN(C)C. The number of unbranched alkanes of at least 4 members (excludes halogenated alkanes) is 15. The van der Waals surface area contributed by atoms with Gasteiger partial charge in [0.1, 0.15) is 6.10 Å². The van der Waals surface area contributed by atoms with Crippen LogP contribution < -0.4 is 0 Å². The van der Waals surface area contributed by atoms with Crippen molar-refractivity contribution in [3.8, 4) is 0 Å². The van der Waals surface area contributed by atoms with Crippen LogP contribution in [0.2, 0.25) is 0 Å². The highest BCUT2D eigenvalue weighted by atomic mass is 16.5. The molecule has 3 nitrogen and oxygen atoms in total. The lowest BCUT2D eigenvalue weighted by Gasteiger charge is -2.18. The molecule has 1 unspecified atom stereocenters. The van der Waals surface area contributed by atoms with E-state index in [0.29, 0.717) is 6.42 Å². The maximum atomic E-state index is 12.5. The molecule has 0 aromatic heterocycles. The molecule has 0 radical (unpaired) electrons. The Morgan fingerprint density at radius 1 is 0.522 bits per heavy atom. The van der Waals surface area contributed by atoms with Gasteiger partial charge in [-0.2, -0.15) is 0 Å². The monoisotopic (exact) mass is 640 g/mol. The topological polar surface area (TPSA) is 29.5 Å². The minimum absolute atomic E-state index is 0.00349. The largest absolute Gasteiger partial charge is 0.462 e. The number of allylic oxidation sites excluding steroid dienone is 10. The summed E-state index contributed by atoms with van der Waals surface area (Å²) in [5.74, 6) is 0.00349. The number of rotatable bonds is 34. The van der Waals surface area contributed by atoms with E-state index in [0.717, 1.165) is 51.5 Å². The van der Waals surface area contributed by atoms with Crippen LogP contribution in [0, 0.1) is 0 Å². The van der Waals surface area contributed by atoms with Crippen molar-refractivity contribution < 1.29 is 9.53 Å². The molecule has 0 aliphatic rings. The first-order valence-corrected chi connectivity index (χ1v) is 19.7. The Balaban J connectivity index is 4.03. The number of carbonyl (C=O) groups excluding carboxylic acids is 1. The lowest BCUT2D eigenvalue weighted by Crippen LogP contribution is -2.20. The van der Waals surface area contributed by atoms with E-state index in [9.17, 15) is 4.79 Å². The molecule has 0 N–H and O–H groups in total. The van der Waals surface area contributed by atoms with Gasteiger partial charge in [-0.25, -0.2) is 0 Å². The predicted molar refractivity (Wildman–Crippen MR) is 206 cm³/mol. The van der Waals surface area contributed by atoms with E-state index in [4.69, 9.17) is 4.74 Å². The highest BCUT2D eigenvalue weighted by molar-refractivity contribution is 5.69. The van der Waals surface area contributed by atoms with Gasteiger partial charge in [-0.3, -0.25) is 4.79 Å². The Labute approximate surface area is 288 Å². The average molecular weight is 640 g/mol. The summed E-state index contributed by atoms with van der Waals surface area (Å²) < 4.78 is 6.00. The molecule has 0 aromatic carbocycles. The molecule has 0 saturated carbocycles. The van der Waals surface area contributed by atoms with E-state index in [1.165, 1.54) is 116 Å². The molecule has 0 fully saturated rings. The quantitative estimate of drug-likeness (QED) is 0.0398. The Hall–Kier alpha value is -1.87. The first-order valence-electron chi connectivity index (χ1n) is 19.7. The highest BCUT2D eigenvalue weighted by Crippen LogP contribution is 2.18. The second-order valence-corrected chi connectivity index (χ2v) is 13.4. The van der Waals surface area contributed by atoms with Gasteiger partial charge in [-0.1, -0.05) is 139 Å². The van der Waals surface area contributed by atoms with Gasteiger partial charge >= 0.3 is 5.97 Å². The number of hydrogen-bond donors (Lipinski definition) is 0. The van der Waals surface area contributed by atoms with Crippen LogP contribution in [0.4, 0.5) is 0 Å². The fraction of sp³-hybridized carbons (Fsp3) is 0.744. The molecule has 0 saturated heterocycles. The molecule has 0 aliphatic carbocycles. The standard InChI is InChI=1S/C43H77NO2/c1-5-7-9-11-13-15-17-19-21-23-25-27-29-31-33-35-38-42(46-43(45)40-37-41-44(3)4)39-36-34-32-30-28-26-24-22-20-18-16-14-12-10-8-6-2/h7,9,13-16,19-22,42H,5-6,8,10-12,17-18,23-41H2,1-4H3/b9-7-,15-13-,16-14-,21-19-,22-20-. The Morgan fingerprint density at radius 3 is 1.39 bits per heavy atom. The van der Waals surface area contributed by atoms with Crippen LogP contribution in [0.3, 0.4) is 0 Å². The normalized spacial score (nSPS) is 13.2. The summed E-state index contributed by atoms with van der Waals surface area (Å²) in [4.78, 5) is 14.7. The zero-order chi connectivity index (χ0) is 33.6. The van der Waals surface area contributed by atoms with E-state index >= 15 is 0 Å². The second kappa shape index (κ2) is 37.6. The zero-order valence-electron chi connectivity index (χ0n) is 31.2. The summed E-state index contributed by atoms with van der Waals surface area (Å²) in [6, 6.07) is 0. The minimum Gasteiger partial charge on any atom is -0.462 e. The van der Waals surface area contributed by atoms with Gasteiger partial charge in [0.25, 0.3) is 0 Å². The van der Waals surface area contributed by atoms with Crippen molar-refractivity contribution in [3.05, 3.63) is 60.8 Å². The lowest BCUT2D eigenvalue weighted by atomic mass is 10.0. The average Bonchev–Trinajstić information content (AvgIpc) is 3.04. The molecule has 1 atom stereocenters. The van der Waals surface area contributed by atoms with Crippen molar-refractivity contribution in [1.82, 2.24) is 4.90 Å². The third-order valence-electron chi connectivity index (χ3n) is 8.44. The molecular formula is C43H77NO2. The first kappa shape index (κ1) is 44.1. The van der Waals surface area contributed by atoms with Crippen LogP contribution >= 0.6 is 0 Å². The summed E-state index contributed by atoms with van der Waals surface area (Å²) in [5.41, 5.74) is 0. The van der Waals surface area contributed by atoms with Gasteiger partial charge in [0, 0.05) is 6.42 Å². The molecule has 0 rings (SSSR count). The number of hydrogen-bond acceptors (Lipinski definition) is 3. The fourth-order valence-electron chi connectivity index (χ4n) is 5.57. The maximum absolute atomic E-state index is 12.5. The third kappa shape index (κ3) is 36.6. The lowest BCUT2D eigenvalue weighted by molar-refractivity contribution is -0.150. The van der Waals surface area contributed by atoms with E-state index in [1.807, 2.05) is 0 Å². The summed E-state index contributed by atoms with van der Waals surface area (Å²) in [6.07, 6.45) is 53.9. The van der Waals surface area contributed by atoms with Crippen LogP contribution in [-0.2, 0) is 9.53 Å². The Morgan fingerprint density at radius 2 is 0.935 bits per heavy atom. The summed E-state index contributed by atoms with van der Waals surface area (Å²) in [6.45, 7) is 5.37. The predicted octanol–water partition coefficient (Wildman–Crippen LogP) is 13.4. The van der Waals surface area contributed by atoms with Crippen LogP contribution in [-0.4, -0.2) is 37.6 Å². The zero-order valence-corrected chi connectivity index (χ0v) is 31.2. The van der Waals surface area contributed by atoms with E-state index < -0.39 is 0 Å². The van der Waals surface area contributed by atoms with Gasteiger partial charge in [-0.05, 0) is 117 Å². The molecule has 0 spiro atoms. The molecule has 3 heteroatoms. The van der Waals surface area contributed by atoms with Crippen LogP contribution in [0.25, 0.3) is 0 Å². The van der Waals surface area contributed by atoms with Gasteiger partial charge in [0.15, 0.2) is 0 Å². The van der Waals surface area contributed by atoms with Crippen LogP contribution in [0.1, 0.15) is 181 Å². The molecular weight excluding hydrogens is 562 g/mol. The fourth-order valence-corrected chi connectivity index (χ4v) is 5.57. The molecule has 46 heavy (non-hydrogen) atoms. The van der Waals surface area contributed by atoms with E-state index in [2.05, 4.69) is 93.6 Å². The van der Waals surface area contributed by atoms with Gasteiger partial charge in [-0.15, -0.1) is 0 Å². The first-order chi connectivity index (χ1) is 22.6. The summed E-state index contributed by atoms with van der Waals surface area (Å²) in [7, 11) is 4.12. The van der Waals surface area contributed by atoms with Crippen molar-refractivity contribution >= 4 is 5.97 Å². The van der Waals surface area contributed by atoms with Crippen molar-refractivity contribution in [1.29, 1.82) is 0 Å². The van der Waals surface area contributed by atoms with Gasteiger partial charge in [0.2, 0.25) is 0 Å². The molecule has 0 aromatic rings. The highest BCUT2D eigenvalue weighted by Gasteiger charge is 2.14. The van der Waals surface area contributed by atoms with E-state index in [-0.39, 0.29) is 12.1 Å². The third-order valence-corrected chi connectivity index (χ3v) is 8.44. The Bertz CT molecular complexity index is 776. The maximum Gasteiger partial charge on any atom is 0.306 e. The summed E-state index contributed by atoms with van der Waals surface area (Å²) in [5, 5.41) is 0. The van der Waals surface area contributed by atoms with Gasteiger partial charge < -0.3 is 9.64 Å². The van der Waals surface area contributed by atoms with Crippen LogP contribution in [0.5, 0.6) is 0 Å². The molecule has 0 aliphatic heterocycles. The van der Waals surface area contributed by atoms with Crippen molar-refractivity contribution in [2.24, 2.45) is 0 Å². The van der Waals surface area contributed by atoms with Gasteiger partial charge in [0.05, 0.1) is 0 Å². The molecule has 0 amide bonds. The summed E-state index contributed by atoms with van der Waals surface area (Å²) >= 11 is 0. The molecule has 0 bridgehead atoms. The smallest absolute Gasteiger partial charge is 0.306 e. The van der Waals surface area contributed by atoms with Crippen molar-refractivity contribution in [2.45, 2.75) is 187 Å². The minimum atomic E-state index is 0.00349. The molecule has 266 valence electrons. The van der Waals surface area contributed by atoms with E-state index in [1.54, 1.807) is 0 Å². The van der Waals surface area contributed by atoms with Crippen molar-refractivity contribution in [3.63, 3.8) is 0 Å². The number of esters is 1. The number of ether oxygens (including phenoxy) is 1. The number of carbonyl (C=O) groups is 1.